The van der Waals surface area contributed by atoms with E-state index in [0.717, 1.165) is 28.1 Å². The third-order valence-corrected chi connectivity index (χ3v) is 7.47. The number of esters is 1. The van der Waals surface area contributed by atoms with E-state index in [-0.39, 0.29) is 23.1 Å². The Labute approximate surface area is 207 Å². The summed E-state index contributed by atoms with van der Waals surface area (Å²) in [6, 6.07) is 12.1. The number of amides is 1. The Morgan fingerprint density at radius 1 is 1.23 bits per heavy atom. The van der Waals surface area contributed by atoms with Gasteiger partial charge in [0, 0.05) is 44.2 Å². The molecule has 0 saturated carbocycles. The van der Waals surface area contributed by atoms with Crippen LogP contribution < -0.4 is 4.90 Å². The van der Waals surface area contributed by atoms with Crippen molar-refractivity contribution in [3.8, 4) is 0 Å². The van der Waals surface area contributed by atoms with E-state index in [9.17, 15) is 19.7 Å². The molecular formula is C25H28N4O5S. The first-order chi connectivity index (χ1) is 16.9. The summed E-state index contributed by atoms with van der Waals surface area (Å²) in [5, 5.41) is 12.3. The van der Waals surface area contributed by atoms with E-state index in [0.29, 0.717) is 31.9 Å². The molecular weight excluding hydrogens is 468 g/mol. The summed E-state index contributed by atoms with van der Waals surface area (Å²) in [5.41, 5.74) is 1.40. The maximum Gasteiger partial charge on any atom is 0.341 e. The predicted octanol–water partition coefficient (Wildman–Crippen LogP) is 4.61. The third kappa shape index (κ3) is 5.43. The monoisotopic (exact) mass is 496 g/mol. The molecule has 1 amide bonds. The third-order valence-electron chi connectivity index (χ3n) is 6.28. The highest BCUT2D eigenvalue weighted by atomic mass is 32.1. The fourth-order valence-electron chi connectivity index (χ4n) is 4.41. The Bertz CT molecular complexity index is 1210. The molecule has 0 aliphatic carbocycles. The van der Waals surface area contributed by atoms with E-state index in [2.05, 4.69) is 0 Å². The van der Waals surface area contributed by atoms with Crippen molar-refractivity contribution in [1.82, 2.24) is 9.88 Å². The minimum atomic E-state index is -0.747. The van der Waals surface area contributed by atoms with Crippen LogP contribution in [0.15, 0.2) is 42.5 Å². The number of fused-ring (bicyclic) bond motifs is 1. The van der Waals surface area contributed by atoms with Crippen molar-refractivity contribution in [3.05, 3.63) is 63.1 Å². The molecule has 1 aliphatic heterocycles. The van der Waals surface area contributed by atoms with Crippen LogP contribution in [0, 0.1) is 10.1 Å². The number of hydrogen-bond acceptors (Lipinski definition) is 8. The molecule has 2 aromatic carbocycles. The van der Waals surface area contributed by atoms with Crippen LogP contribution in [0.4, 0.5) is 11.4 Å². The topological polar surface area (TPSA) is 106 Å². The zero-order valence-electron chi connectivity index (χ0n) is 19.8. The number of thiazole rings is 1. The maximum atomic E-state index is 12.9. The van der Waals surface area contributed by atoms with Gasteiger partial charge in [0.2, 0.25) is 0 Å². The second kappa shape index (κ2) is 10.8. The van der Waals surface area contributed by atoms with Gasteiger partial charge < -0.3 is 14.5 Å². The van der Waals surface area contributed by atoms with Gasteiger partial charge in [-0.25, -0.2) is 9.78 Å². The highest BCUT2D eigenvalue weighted by Crippen LogP contribution is 2.33. The molecule has 1 aromatic heterocycles. The highest BCUT2D eigenvalue weighted by Gasteiger charge is 2.28. The second-order valence-corrected chi connectivity index (χ2v) is 9.47. The Kier molecular flexibility index (Phi) is 7.60. The van der Waals surface area contributed by atoms with Crippen molar-refractivity contribution in [2.75, 3.05) is 37.7 Å². The molecule has 35 heavy (non-hydrogen) atoms. The quantitative estimate of drug-likeness (QED) is 0.255. The lowest BCUT2D eigenvalue weighted by molar-refractivity contribution is -0.384. The number of benzene rings is 2. The van der Waals surface area contributed by atoms with Crippen LogP contribution in [0.25, 0.3) is 10.2 Å². The molecule has 3 aromatic rings. The molecule has 4 rings (SSSR count). The number of ether oxygens (including phenoxy) is 1. The molecule has 0 radical (unpaired) electrons. The second-order valence-electron chi connectivity index (χ2n) is 8.41. The lowest BCUT2D eigenvalue weighted by atomic mass is 9.99. The SMILES string of the molecule is CCN(CC)c1ccc([N+](=O)[O-])cc1C(=O)OCC(=O)N1CCCC(c2nc3ccccc3s2)C1. The van der Waals surface area contributed by atoms with Crippen LogP contribution in [-0.2, 0) is 9.53 Å². The number of aromatic nitrogens is 1. The van der Waals surface area contributed by atoms with Gasteiger partial charge in [0.05, 0.1) is 31.4 Å². The van der Waals surface area contributed by atoms with Crippen molar-refractivity contribution in [3.63, 3.8) is 0 Å². The van der Waals surface area contributed by atoms with Crippen molar-refractivity contribution < 1.29 is 19.2 Å². The molecule has 1 saturated heterocycles. The number of carbonyl (C=O) groups excluding carboxylic acids is 2. The highest BCUT2D eigenvalue weighted by molar-refractivity contribution is 7.18. The molecule has 1 aliphatic rings. The van der Waals surface area contributed by atoms with Crippen LogP contribution >= 0.6 is 11.3 Å². The molecule has 0 spiro atoms. The number of hydrogen-bond donors (Lipinski definition) is 0. The largest absolute Gasteiger partial charge is 0.452 e. The number of nitro benzene ring substituents is 1. The smallest absolute Gasteiger partial charge is 0.341 e. The van der Waals surface area contributed by atoms with E-state index in [1.165, 1.54) is 12.1 Å². The predicted molar refractivity (Wildman–Crippen MR) is 135 cm³/mol. The first-order valence-corrected chi connectivity index (χ1v) is 12.6. The average molecular weight is 497 g/mol. The Morgan fingerprint density at radius 2 is 2.00 bits per heavy atom. The Morgan fingerprint density at radius 3 is 2.71 bits per heavy atom. The average Bonchev–Trinajstić information content (AvgIpc) is 3.32. The van der Waals surface area contributed by atoms with E-state index < -0.39 is 17.5 Å². The molecule has 1 fully saturated rings. The number of piperidine rings is 1. The standard InChI is InChI=1S/C25H28N4O5S/c1-3-27(4-2)21-12-11-18(29(32)33)14-19(21)25(31)34-16-23(30)28-13-7-8-17(15-28)24-26-20-9-5-6-10-22(20)35-24/h5-6,9-12,14,17H,3-4,7-8,13,15-16H2,1-2H3. The summed E-state index contributed by atoms with van der Waals surface area (Å²) in [4.78, 5) is 44.9. The van der Waals surface area contributed by atoms with E-state index >= 15 is 0 Å². The number of anilines is 1. The Hall–Kier alpha value is -3.53. The summed E-state index contributed by atoms with van der Waals surface area (Å²) in [7, 11) is 0. The molecule has 2 heterocycles. The van der Waals surface area contributed by atoms with Crippen LogP contribution in [0.2, 0.25) is 0 Å². The minimum Gasteiger partial charge on any atom is -0.452 e. The number of rotatable bonds is 8. The van der Waals surface area contributed by atoms with Crippen LogP contribution in [0.1, 0.15) is 48.0 Å². The van der Waals surface area contributed by atoms with Gasteiger partial charge in [0.15, 0.2) is 6.61 Å². The van der Waals surface area contributed by atoms with Crippen molar-refractivity contribution >= 4 is 44.8 Å². The number of nitro groups is 1. The van der Waals surface area contributed by atoms with Crippen molar-refractivity contribution in [2.24, 2.45) is 0 Å². The molecule has 0 N–H and O–H groups in total. The number of carbonyl (C=O) groups is 2. The number of para-hydroxylation sites is 1. The van der Waals surface area contributed by atoms with E-state index in [1.54, 1.807) is 22.3 Å². The molecule has 0 bridgehead atoms. The van der Waals surface area contributed by atoms with E-state index in [1.807, 2.05) is 43.0 Å². The molecule has 9 nitrogen and oxygen atoms in total. The van der Waals surface area contributed by atoms with Crippen molar-refractivity contribution in [2.45, 2.75) is 32.6 Å². The van der Waals surface area contributed by atoms with Gasteiger partial charge in [-0.2, -0.15) is 0 Å². The minimum absolute atomic E-state index is 0.0849. The fraction of sp³-hybridized carbons (Fsp3) is 0.400. The van der Waals surface area contributed by atoms with Crippen LogP contribution in [0.3, 0.4) is 0 Å². The van der Waals surface area contributed by atoms with Gasteiger partial charge in [0.25, 0.3) is 11.6 Å². The van der Waals surface area contributed by atoms with Crippen LogP contribution in [-0.4, -0.2) is 59.5 Å². The summed E-state index contributed by atoms with van der Waals surface area (Å²) < 4.78 is 6.48. The van der Waals surface area contributed by atoms with Gasteiger partial charge in [-0.05, 0) is 44.9 Å². The van der Waals surface area contributed by atoms with E-state index in [4.69, 9.17) is 9.72 Å². The summed E-state index contributed by atoms with van der Waals surface area (Å²) in [5.74, 6) is -0.880. The number of nitrogens with zero attached hydrogens (tertiary/aromatic N) is 4. The van der Waals surface area contributed by atoms with Crippen molar-refractivity contribution in [1.29, 1.82) is 0 Å². The van der Waals surface area contributed by atoms with Gasteiger partial charge in [-0.3, -0.25) is 14.9 Å². The summed E-state index contributed by atoms with van der Waals surface area (Å²) in [6.45, 7) is 5.81. The normalized spacial score (nSPS) is 15.7. The molecule has 1 unspecified atom stereocenters. The fourth-order valence-corrected chi connectivity index (χ4v) is 5.50. The van der Waals surface area contributed by atoms with Gasteiger partial charge in [0.1, 0.15) is 0 Å². The molecule has 184 valence electrons. The Balaban J connectivity index is 1.43. The zero-order valence-corrected chi connectivity index (χ0v) is 20.6. The lowest BCUT2D eigenvalue weighted by Crippen LogP contribution is -2.41. The summed E-state index contributed by atoms with van der Waals surface area (Å²) >= 11 is 1.65. The number of likely N-dealkylation sites (tertiary alicyclic amines) is 1. The molecule has 10 heteroatoms. The first kappa shape index (κ1) is 24.6. The summed E-state index contributed by atoms with van der Waals surface area (Å²) in [6.07, 6.45) is 1.79. The zero-order chi connectivity index (χ0) is 24.9. The van der Waals surface area contributed by atoms with Gasteiger partial charge in [-0.15, -0.1) is 11.3 Å². The lowest BCUT2D eigenvalue weighted by Gasteiger charge is -2.31. The van der Waals surface area contributed by atoms with Gasteiger partial charge >= 0.3 is 5.97 Å². The first-order valence-electron chi connectivity index (χ1n) is 11.7. The number of non-ortho nitro benzene ring substituents is 1. The molecule has 1 atom stereocenters. The van der Waals surface area contributed by atoms with Gasteiger partial charge in [-0.1, -0.05) is 12.1 Å². The van der Waals surface area contributed by atoms with Crippen LogP contribution in [0.5, 0.6) is 0 Å². The maximum absolute atomic E-state index is 12.9.